The molecule has 0 aliphatic carbocycles. The van der Waals surface area contributed by atoms with Gasteiger partial charge in [-0.25, -0.2) is 4.98 Å². The Kier molecular flexibility index (Phi) is 4.58. The molecule has 1 rings (SSSR count). The van der Waals surface area contributed by atoms with E-state index in [-0.39, 0.29) is 0 Å². The molecule has 0 aliphatic rings. The van der Waals surface area contributed by atoms with Crippen molar-refractivity contribution in [3.8, 4) is 0 Å². The molecule has 5 nitrogen and oxygen atoms in total. The normalized spacial score (nSPS) is 10.7. The SMILES string of the molecule is COCCNCc1cnc(N(C)C)n1C. The summed E-state index contributed by atoms with van der Waals surface area (Å²) >= 11 is 0. The lowest BCUT2D eigenvalue weighted by molar-refractivity contribution is 0.199. The highest BCUT2D eigenvalue weighted by molar-refractivity contribution is 5.30. The Balaban J connectivity index is 2.48. The molecule has 0 atom stereocenters. The number of imidazole rings is 1. The van der Waals surface area contributed by atoms with Crippen LogP contribution >= 0.6 is 0 Å². The summed E-state index contributed by atoms with van der Waals surface area (Å²) in [5, 5.41) is 3.29. The minimum Gasteiger partial charge on any atom is -0.383 e. The molecule has 1 aromatic heterocycles. The Hall–Kier alpha value is -1.07. The molecular weight excluding hydrogens is 192 g/mol. The molecule has 86 valence electrons. The van der Waals surface area contributed by atoms with Gasteiger partial charge in [-0.15, -0.1) is 0 Å². The quantitative estimate of drug-likeness (QED) is 0.685. The van der Waals surface area contributed by atoms with Gasteiger partial charge in [0.05, 0.1) is 18.5 Å². The number of methoxy groups -OCH3 is 1. The second kappa shape index (κ2) is 5.72. The third-order valence-corrected chi connectivity index (χ3v) is 2.25. The van der Waals surface area contributed by atoms with Gasteiger partial charge >= 0.3 is 0 Å². The Labute approximate surface area is 91.0 Å². The van der Waals surface area contributed by atoms with E-state index in [1.54, 1.807) is 7.11 Å². The number of rotatable bonds is 6. The third-order valence-electron chi connectivity index (χ3n) is 2.25. The van der Waals surface area contributed by atoms with Crippen molar-refractivity contribution in [3.05, 3.63) is 11.9 Å². The fraction of sp³-hybridized carbons (Fsp3) is 0.700. The number of ether oxygens (including phenoxy) is 1. The van der Waals surface area contributed by atoms with Crippen LogP contribution in [0, 0.1) is 0 Å². The molecule has 15 heavy (non-hydrogen) atoms. The molecule has 0 saturated heterocycles. The second-order valence-corrected chi connectivity index (χ2v) is 3.67. The molecule has 0 aliphatic heterocycles. The summed E-state index contributed by atoms with van der Waals surface area (Å²) in [6.07, 6.45) is 1.90. The molecule has 0 spiro atoms. The molecule has 0 amide bonds. The highest BCUT2D eigenvalue weighted by Gasteiger charge is 2.06. The first-order chi connectivity index (χ1) is 7.16. The van der Waals surface area contributed by atoms with Crippen LogP contribution in [0.1, 0.15) is 5.69 Å². The van der Waals surface area contributed by atoms with Crippen LogP contribution in [-0.2, 0) is 18.3 Å². The van der Waals surface area contributed by atoms with Gasteiger partial charge in [-0.1, -0.05) is 0 Å². The van der Waals surface area contributed by atoms with Crippen LogP contribution in [0.2, 0.25) is 0 Å². The average molecular weight is 212 g/mol. The van der Waals surface area contributed by atoms with Crippen molar-refractivity contribution in [2.45, 2.75) is 6.54 Å². The summed E-state index contributed by atoms with van der Waals surface area (Å²) in [5.41, 5.74) is 1.18. The van der Waals surface area contributed by atoms with Crippen molar-refractivity contribution in [2.75, 3.05) is 39.3 Å². The van der Waals surface area contributed by atoms with Crippen LogP contribution in [0.5, 0.6) is 0 Å². The van der Waals surface area contributed by atoms with Crippen LogP contribution in [-0.4, -0.2) is 43.9 Å². The van der Waals surface area contributed by atoms with Gasteiger partial charge < -0.3 is 19.5 Å². The van der Waals surface area contributed by atoms with Crippen molar-refractivity contribution in [1.29, 1.82) is 0 Å². The predicted octanol–water partition coefficient (Wildman–Crippen LogP) is 0.222. The molecule has 1 aromatic rings. The number of nitrogens with one attached hydrogen (secondary N) is 1. The van der Waals surface area contributed by atoms with E-state index < -0.39 is 0 Å². The van der Waals surface area contributed by atoms with Crippen LogP contribution < -0.4 is 10.2 Å². The summed E-state index contributed by atoms with van der Waals surface area (Å²) in [6.45, 7) is 2.41. The maximum atomic E-state index is 4.96. The maximum Gasteiger partial charge on any atom is 0.204 e. The lowest BCUT2D eigenvalue weighted by Crippen LogP contribution is -2.21. The van der Waals surface area contributed by atoms with E-state index in [0.29, 0.717) is 0 Å². The van der Waals surface area contributed by atoms with Crippen LogP contribution in [0.25, 0.3) is 0 Å². The highest BCUT2D eigenvalue weighted by atomic mass is 16.5. The summed E-state index contributed by atoms with van der Waals surface area (Å²) < 4.78 is 7.04. The molecule has 1 N–H and O–H groups in total. The molecule has 0 radical (unpaired) electrons. The third kappa shape index (κ3) is 3.21. The largest absolute Gasteiger partial charge is 0.383 e. The number of aromatic nitrogens is 2. The van der Waals surface area contributed by atoms with Gasteiger partial charge in [0.1, 0.15) is 0 Å². The van der Waals surface area contributed by atoms with Gasteiger partial charge in [-0.2, -0.15) is 0 Å². The van der Waals surface area contributed by atoms with Crippen molar-refractivity contribution < 1.29 is 4.74 Å². The number of hydrogen-bond donors (Lipinski definition) is 1. The van der Waals surface area contributed by atoms with Gasteiger partial charge in [-0.3, -0.25) is 0 Å². The summed E-state index contributed by atoms with van der Waals surface area (Å²) in [7, 11) is 7.71. The fourth-order valence-electron chi connectivity index (χ4n) is 1.40. The monoisotopic (exact) mass is 212 g/mol. The Morgan fingerprint density at radius 2 is 2.27 bits per heavy atom. The van der Waals surface area contributed by atoms with Crippen molar-refractivity contribution in [2.24, 2.45) is 7.05 Å². The highest BCUT2D eigenvalue weighted by Crippen LogP contribution is 2.10. The zero-order chi connectivity index (χ0) is 11.3. The first kappa shape index (κ1) is 12.0. The van der Waals surface area contributed by atoms with E-state index >= 15 is 0 Å². The van der Waals surface area contributed by atoms with Gasteiger partial charge in [0.2, 0.25) is 5.95 Å². The van der Waals surface area contributed by atoms with E-state index in [9.17, 15) is 0 Å². The van der Waals surface area contributed by atoms with Crippen LogP contribution in [0.15, 0.2) is 6.20 Å². The summed E-state index contributed by atoms with van der Waals surface area (Å²) in [6, 6.07) is 0. The van der Waals surface area contributed by atoms with Crippen molar-refractivity contribution >= 4 is 5.95 Å². The van der Waals surface area contributed by atoms with Crippen LogP contribution in [0.3, 0.4) is 0 Å². The lowest BCUT2D eigenvalue weighted by Gasteiger charge is -2.12. The van der Waals surface area contributed by atoms with Gasteiger partial charge in [0.15, 0.2) is 0 Å². The van der Waals surface area contributed by atoms with Gasteiger partial charge in [0, 0.05) is 41.3 Å². The molecule has 1 heterocycles. The summed E-state index contributed by atoms with van der Waals surface area (Å²) in [5.74, 6) is 0.971. The fourth-order valence-corrected chi connectivity index (χ4v) is 1.40. The van der Waals surface area contributed by atoms with E-state index in [1.807, 2.05) is 32.2 Å². The molecule has 0 saturated carbocycles. The van der Waals surface area contributed by atoms with E-state index in [4.69, 9.17) is 4.74 Å². The van der Waals surface area contributed by atoms with Crippen molar-refractivity contribution in [3.63, 3.8) is 0 Å². The Bertz CT molecular complexity index is 296. The lowest BCUT2D eigenvalue weighted by atomic mass is 10.4. The molecule has 0 bridgehead atoms. The van der Waals surface area contributed by atoms with Gasteiger partial charge in [0.25, 0.3) is 0 Å². The number of hydrogen-bond acceptors (Lipinski definition) is 4. The summed E-state index contributed by atoms with van der Waals surface area (Å²) in [4.78, 5) is 6.33. The predicted molar refractivity (Wildman–Crippen MR) is 61.1 cm³/mol. The minimum absolute atomic E-state index is 0.735. The van der Waals surface area contributed by atoms with Crippen LogP contribution in [0.4, 0.5) is 5.95 Å². The standard InChI is InChI=1S/C10H20N4O/c1-13(2)10-12-8-9(14(10)3)7-11-5-6-15-4/h8,11H,5-7H2,1-4H3. The second-order valence-electron chi connectivity index (χ2n) is 3.67. The molecule has 0 unspecified atom stereocenters. The van der Waals surface area contributed by atoms with Gasteiger partial charge in [-0.05, 0) is 0 Å². The zero-order valence-electron chi connectivity index (χ0n) is 9.95. The molecule has 5 heteroatoms. The Morgan fingerprint density at radius 3 is 2.80 bits per heavy atom. The number of nitrogens with zero attached hydrogens (tertiary/aromatic N) is 3. The first-order valence-electron chi connectivity index (χ1n) is 5.04. The van der Waals surface area contributed by atoms with E-state index in [1.165, 1.54) is 5.69 Å². The molecule has 0 fully saturated rings. The van der Waals surface area contributed by atoms with Crippen molar-refractivity contribution in [1.82, 2.24) is 14.9 Å². The number of anilines is 1. The Morgan fingerprint density at radius 1 is 1.53 bits per heavy atom. The molecule has 0 aromatic carbocycles. The smallest absolute Gasteiger partial charge is 0.204 e. The van der Waals surface area contributed by atoms with E-state index in [0.717, 1.165) is 25.6 Å². The minimum atomic E-state index is 0.735. The zero-order valence-corrected chi connectivity index (χ0v) is 9.95. The molecular formula is C10H20N4O. The maximum absolute atomic E-state index is 4.96. The first-order valence-corrected chi connectivity index (χ1v) is 5.04. The average Bonchev–Trinajstić information content (AvgIpc) is 2.55. The van der Waals surface area contributed by atoms with E-state index in [2.05, 4.69) is 14.9 Å². The topological polar surface area (TPSA) is 42.3 Å².